The Morgan fingerprint density at radius 2 is 0.584 bits per heavy atom. The van der Waals surface area contributed by atoms with Gasteiger partial charge < -0.3 is 20.1 Å². The van der Waals surface area contributed by atoms with E-state index in [4.69, 9.17) is 24.3 Å². The summed E-state index contributed by atoms with van der Waals surface area (Å²) in [4.78, 5) is 35.3. The van der Waals surface area contributed by atoms with Gasteiger partial charge in [0.1, 0.15) is 6.61 Å². The molecule has 0 aliphatic heterocycles. The zero-order valence-corrected chi connectivity index (χ0v) is 56.5. The van der Waals surface area contributed by atoms with E-state index in [1.165, 1.54) is 25.7 Å². The van der Waals surface area contributed by atoms with Crippen molar-refractivity contribution in [1.29, 1.82) is 0 Å². The maximum atomic E-state index is 12.8. The fraction of sp³-hybridized carbons (Fsp3) is 0.519. The summed E-state index contributed by atoms with van der Waals surface area (Å²) in [6, 6.07) is 0. The van der Waals surface area contributed by atoms with Gasteiger partial charge in [0.15, 0.2) is 6.10 Å². The highest BCUT2D eigenvalue weighted by molar-refractivity contribution is 7.47. The number of phosphoric acid groups is 1. The van der Waals surface area contributed by atoms with Gasteiger partial charge in [-0.3, -0.25) is 18.6 Å². The lowest BCUT2D eigenvalue weighted by Crippen LogP contribution is -2.29. The Kier molecular flexibility index (Phi) is 66.9. The first-order chi connectivity index (χ1) is 43.8. The minimum atomic E-state index is -4.42. The number of hydrogen-bond donors (Lipinski definition) is 2. The highest BCUT2D eigenvalue weighted by Crippen LogP contribution is 2.43. The third-order valence-corrected chi connectivity index (χ3v) is 14.3. The number of phosphoric ester groups is 1. The highest BCUT2D eigenvalue weighted by atomic mass is 31.2. The molecule has 2 unspecified atom stereocenters. The van der Waals surface area contributed by atoms with Gasteiger partial charge in [-0.05, 0) is 154 Å². The number of unbranched alkanes of at least 4 members (excludes halogenated alkanes) is 12. The first-order valence-corrected chi connectivity index (χ1v) is 35.7. The van der Waals surface area contributed by atoms with Crippen molar-refractivity contribution in [1.82, 2.24) is 0 Å². The van der Waals surface area contributed by atoms with E-state index in [-0.39, 0.29) is 32.6 Å². The summed E-state index contributed by atoms with van der Waals surface area (Å²) < 4.78 is 33.1. The number of hydrogen-bond acceptors (Lipinski definition) is 8. The zero-order valence-electron chi connectivity index (χ0n) is 55.6. The topological polar surface area (TPSA) is 134 Å². The first kappa shape index (κ1) is 83.3. The van der Waals surface area contributed by atoms with Crippen molar-refractivity contribution >= 4 is 19.8 Å². The molecule has 0 saturated carbocycles. The van der Waals surface area contributed by atoms with E-state index in [0.29, 0.717) is 12.8 Å². The van der Waals surface area contributed by atoms with Crippen LogP contribution < -0.4 is 5.73 Å². The molecule has 0 saturated heterocycles. The van der Waals surface area contributed by atoms with Crippen LogP contribution in [0.2, 0.25) is 0 Å². The van der Waals surface area contributed by atoms with Crippen LogP contribution in [-0.4, -0.2) is 49.3 Å². The Hall–Kier alpha value is -5.67. The fourth-order valence-electron chi connectivity index (χ4n) is 8.38. The number of ether oxygens (including phenoxy) is 2. The largest absolute Gasteiger partial charge is 0.472 e. The second-order valence-electron chi connectivity index (χ2n) is 21.6. The van der Waals surface area contributed by atoms with Crippen LogP contribution in [0, 0.1) is 0 Å². The minimum Gasteiger partial charge on any atom is -0.462 e. The highest BCUT2D eigenvalue weighted by Gasteiger charge is 2.26. The second-order valence-corrected chi connectivity index (χ2v) is 23.0. The lowest BCUT2D eigenvalue weighted by Gasteiger charge is -2.19. The molecular formula is C79H122NO8P. The van der Waals surface area contributed by atoms with Crippen molar-refractivity contribution in [3.05, 3.63) is 219 Å². The number of carbonyl (C=O) groups excluding carboxylic acids is 2. The summed E-state index contributed by atoms with van der Waals surface area (Å²) in [7, 11) is -4.42. The Morgan fingerprint density at radius 1 is 0.337 bits per heavy atom. The van der Waals surface area contributed by atoms with Crippen molar-refractivity contribution in [2.75, 3.05) is 26.4 Å². The van der Waals surface area contributed by atoms with E-state index < -0.39 is 32.5 Å². The Balaban J connectivity index is 4.08. The van der Waals surface area contributed by atoms with Crippen molar-refractivity contribution in [2.45, 2.75) is 238 Å². The van der Waals surface area contributed by atoms with Crippen LogP contribution in [0.5, 0.6) is 0 Å². The smallest absolute Gasteiger partial charge is 0.462 e. The quantitative estimate of drug-likeness (QED) is 0.0264. The Labute approximate surface area is 543 Å². The van der Waals surface area contributed by atoms with Crippen LogP contribution in [0.4, 0.5) is 0 Å². The van der Waals surface area contributed by atoms with Crippen LogP contribution in [-0.2, 0) is 32.7 Å². The summed E-state index contributed by atoms with van der Waals surface area (Å²) in [6.07, 6.45) is 112. The number of carbonyl (C=O) groups is 2. The molecule has 0 aromatic carbocycles. The summed E-state index contributed by atoms with van der Waals surface area (Å²) in [6.45, 7) is 3.45. The van der Waals surface area contributed by atoms with E-state index in [9.17, 15) is 19.0 Å². The van der Waals surface area contributed by atoms with Crippen LogP contribution in [0.1, 0.15) is 232 Å². The number of esters is 2. The van der Waals surface area contributed by atoms with Gasteiger partial charge >= 0.3 is 19.8 Å². The van der Waals surface area contributed by atoms with Crippen LogP contribution >= 0.6 is 7.82 Å². The zero-order chi connectivity index (χ0) is 64.4. The van der Waals surface area contributed by atoms with Gasteiger partial charge in [-0.25, -0.2) is 4.57 Å². The molecule has 496 valence electrons. The lowest BCUT2D eigenvalue weighted by molar-refractivity contribution is -0.161. The van der Waals surface area contributed by atoms with E-state index >= 15 is 0 Å². The third-order valence-electron chi connectivity index (χ3n) is 13.4. The summed E-state index contributed by atoms with van der Waals surface area (Å²) in [5, 5.41) is 0. The third kappa shape index (κ3) is 71.3. The van der Waals surface area contributed by atoms with E-state index in [1.807, 2.05) is 0 Å². The lowest BCUT2D eigenvalue weighted by atomic mass is 10.1. The molecule has 9 nitrogen and oxygen atoms in total. The molecule has 3 N–H and O–H groups in total. The van der Waals surface area contributed by atoms with E-state index in [0.717, 1.165) is 167 Å². The number of allylic oxidation sites excluding steroid dienone is 36. The average molecular weight is 1240 g/mol. The van der Waals surface area contributed by atoms with Gasteiger partial charge in [0, 0.05) is 19.4 Å². The Bertz CT molecular complexity index is 2260. The molecular weight excluding hydrogens is 1120 g/mol. The van der Waals surface area contributed by atoms with Gasteiger partial charge in [0.05, 0.1) is 13.2 Å². The second kappa shape index (κ2) is 71.4. The molecule has 0 spiro atoms. The monoisotopic (exact) mass is 1240 g/mol. The molecule has 0 aliphatic rings. The van der Waals surface area contributed by atoms with Crippen molar-refractivity contribution in [3.63, 3.8) is 0 Å². The van der Waals surface area contributed by atoms with Crippen molar-refractivity contribution < 1.29 is 37.6 Å². The number of rotatable bonds is 61. The van der Waals surface area contributed by atoms with Gasteiger partial charge in [0.25, 0.3) is 0 Å². The van der Waals surface area contributed by atoms with Crippen LogP contribution in [0.3, 0.4) is 0 Å². The predicted molar refractivity (Wildman–Crippen MR) is 384 cm³/mol. The molecule has 89 heavy (non-hydrogen) atoms. The van der Waals surface area contributed by atoms with E-state index in [1.54, 1.807) is 0 Å². The number of nitrogens with two attached hydrogens (primary N) is 1. The SMILES string of the molecule is CC/C=C\C/C=C\C/C=C\C/C=C\C/C=C\C/C=C\C/C=C\C/C=C\C/C=C\C/C=C\C/C=C\C/C=C\CCCCCCC(=O)OC(COC(=O)CCCCCCCCCC/C=C\C/C=C\C/C=C\C/C=C\C/C=C\C/C=C\CC)COP(=O)(O)OCCN. The van der Waals surface area contributed by atoms with Gasteiger partial charge in [0.2, 0.25) is 0 Å². The molecule has 0 aromatic heterocycles. The maximum Gasteiger partial charge on any atom is 0.472 e. The van der Waals surface area contributed by atoms with Gasteiger partial charge in [-0.15, -0.1) is 0 Å². The summed E-state index contributed by atoms with van der Waals surface area (Å²) >= 11 is 0. The normalized spacial score (nSPS) is 14.3. The minimum absolute atomic E-state index is 0.0354. The first-order valence-electron chi connectivity index (χ1n) is 34.2. The molecule has 0 amide bonds. The molecule has 0 radical (unpaired) electrons. The maximum absolute atomic E-state index is 12.8. The molecule has 0 aromatic rings. The molecule has 10 heteroatoms. The molecule has 0 aliphatic carbocycles. The van der Waals surface area contributed by atoms with Crippen LogP contribution in [0.15, 0.2) is 219 Å². The standard InChI is InChI=1S/C79H122NO8P/c1-3-5-7-9-11-13-15-17-19-21-23-25-27-29-31-32-33-34-35-36-37-38-39-40-41-42-43-44-46-48-50-52-54-56-58-60-62-64-66-68-70-72-79(82)88-77(76-87-89(83,84)86-74-73-80)75-85-78(81)71-69-67-65-63-61-59-57-55-53-51-49-47-45-30-28-26-24-22-20-18-16-14-12-10-8-6-4-2/h5-8,11-14,17-20,23-26,29-31,33-34,36-37,39-40,42-43,45-46,48-49,51-52,54,58,60,77H,3-4,9-10,15-16,21-22,27-28,32,35,38,41,44,47,50,53,55-57,59,61-76,80H2,1-2H3,(H,83,84)/b7-5-,8-6-,13-11-,14-12-,19-17-,20-18-,25-23-,26-24-,31-29-,34-33-,37-36-,40-39-,43-42-,45-30-,48-46-,51-49-,54-52-,60-58-. The fourth-order valence-corrected chi connectivity index (χ4v) is 9.15. The van der Waals surface area contributed by atoms with Gasteiger partial charge in [-0.2, -0.15) is 0 Å². The molecule has 0 heterocycles. The summed E-state index contributed by atoms with van der Waals surface area (Å²) in [5.41, 5.74) is 5.39. The van der Waals surface area contributed by atoms with Crippen molar-refractivity contribution in [2.24, 2.45) is 5.73 Å². The van der Waals surface area contributed by atoms with Crippen molar-refractivity contribution in [3.8, 4) is 0 Å². The molecule has 2 atom stereocenters. The Morgan fingerprint density at radius 3 is 0.865 bits per heavy atom. The molecule has 0 fully saturated rings. The average Bonchev–Trinajstić information content (AvgIpc) is 3.58. The van der Waals surface area contributed by atoms with Gasteiger partial charge in [-0.1, -0.05) is 284 Å². The molecule has 0 bridgehead atoms. The van der Waals surface area contributed by atoms with Crippen LogP contribution in [0.25, 0.3) is 0 Å². The predicted octanol–water partition coefficient (Wildman–Crippen LogP) is 22.8. The van der Waals surface area contributed by atoms with E-state index in [2.05, 4.69) is 233 Å². The molecule has 0 rings (SSSR count). The summed E-state index contributed by atoms with van der Waals surface area (Å²) in [5.74, 6) is -0.884.